The van der Waals surface area contributed by atoms with E-state index in [1.165, 1.54) is 44.1 Å². The van der Waals surface area contributed by atoms with Crippen LogP contribution in [0.1, 0.15) is 49.8 Å². The Hall–Kier alpha value is -0.820. The lowest BCUT2D eigenvalue weighted by Crippen LogP contribution is -2.38. The third-order valence-electron chi connectivity index (χ3n) is 4.93. The van der Waals surface area contributed by atoms with Gasteiger partial charge in [0.25, 0.3) is 0 Å². The van der Waals surface area contributed by atoms with Crippen LogP contribution in [0.15, 0.2) is 18.2 Å². The minimum atomic E-state index is 0.565. The van der Waals surface area contributed by atoms with E-state index in [0.717, 1.165) is 6.54 Å². The van der Waals surface area contributed by atoms with Gasteiger partial charge in [0.15, 0.2) is 0 Å². The highest BCUT2D eigenvalue weighted by atomic mass is 14.9. The molecule has 1 aromatic carbocycles. The molecule has 1 N–H and O–H groups in total. The fourth-order valence-electron chi connectivity index (χ4n) is 3.34. The van der Waals surface area contributed by atoms with Gasteiger partial charge < -0.3 is 5.32 Å². The molecule has 98 valence electrons. The second kappa shape index (κ2) is 4.70. The summed E-state index contributed by atoms with van der Waals surface area (Å²) < 4.78 is 0. The normalized spacial score (nSPS) is 21.7. The smallest absolute Gasteiger partial charge is 0.0161 e. The van der Waals surface area contributed by atoms with Crippen molar-refractivity contribution < 1.29 is 0 Å². The van der Waals surface area contributed by atoms with Crippen molar-refractivity contribution >= 4 is 0 Å². The highest BCUT2D eigenvalue weighted by molar-refractivity contribution is 5.35. The predicted octanol–water partition coefficient (Wildman–Crippen LogP) is 3.50. The molecule has 1 fully saturated rings. The molecule has 0 spiro atoms. The Balaban J connectivity index is 1.74. The van der Waals surface area contributed by atoms with E-state index in [1.54, 1.807) is 11.1 Å². The zero-order valence-corrected chi connectivity index (χ0v) is 11.8. The maximum atomic E-state index is 3.70. The number of hydrogen-bond donors (Lipinski definition) is 1. The van der Waals surface area contributed by atoms with Crippen LogP contribution < -0.4 is 5.32 Å². The Morgan fingerprint density at radius 1 is 1.22 bits per heavy atom. The summed E-state index contributed by atoms with van der Waals surface area (Å²) in [5.41, 5.74) is 5.31. The van der Waals surface area contributed by atoms with Crippen molar-refractivity contribution in [3.63, 3.8) is 0 Å². The fourth-order valence-corrected chi connectivity index (χ4v) is 3.34. The number of hydrogen-bond acceptors (Lipinski definition) is 1. The van der Waals surface area contributed by atoms with E-state index in [-0.39, 0.29) is 0 Å². The predicted molar refractivity (Wildman–Crippen MR) is 77.0 cm³/mol. The van der Waals surface area contributed by atoms with E-state index in [2.05, 4.69) is 37.4 Å². The number of benzene rings is 1. The molecule has 0 saturated heterocycles. The van der Waals surface area contributed by atoms with Crippen molar-refractivity contribution in [3.05, 3.63) is 34.9 Å². The Morgan fingerprint density at radius 2 is 2.00 bits per heavy atom. The molecule has 1 atom stereocenters. The molecule has 2 aliphatic rings. The molecule has 18 heavy (non-hydrogen) atoms. The van der Waals surface area contributed by atoms with Crippen LogP contribution >= 0.6 is 0 Å². The third kappa shape index (κ3) is 2.33. The molecule has 0 aromatic heterocycles. The highest BCUT2D eigenvalue weighted by Gasteiger charge is 2.44. The van der Waals surface area contributed by atoms with E-state index in [4.69, 9.17) is 0 Å². The quantitative estimate of drug-likeness (QED) is 0.834. The Labute approximate surface area is 111 Å². The molecular formula is C17H25N. The Kier molecular flexibility index (Phi) is 3.19. The van der Waals surface area contributed by atoms with E-state index in [0.29, 0.717) is 11.5 Å². The van der Waals surface area contributed by atoms with Crippen LogP contribution in [0.5, 0.6) is 0 Å². The van der Waals surface area contributed by atoms with Gasteiger partial charge in [0.05, 0.1) is 0 Å². The maximum absolute atomic E-state index is 3.70. The summed E-state index contributed by atoms with van der Waals surface area (Å²) in [5, 5.41) is 3.70. The summed E-state index contributed by atoms with van der Waals surface area (Å²) in [6.07, 6.45) is 7.95. The van der Waals surface area contributed by atoms with Crippen molar-refractivity contribution in [1.82, 2.24) is 5.32 Å². The van der Waals surface area contributed by atoms with E-state index >= 15 is 0 Å². The van der Waals surface area contributed by atoms with Crippen LogP contribution in [-0.4, -0.2) is 12.6 Å². The lowest BCUT2D eigenvalue weighted by Gasteiger charge is -2.25. The van der Waals surface area contributed by atoms with Crippen molar-refractivity contribution in [1.29, 1.82) is 0 Å². The average Bonchev–Trinajstić information content (AvgIpc) is 2.94. The molecule has 0 bridgehead atoms. The van der Waals surface area contributed by atoms with Gasteiger partial charge >= 0.3 is 0 Å². The monoisotopic (exact) mass is 243 g/mol. The average molecular weight is 243 g/mol. The van der Waals surface area contributed by atoms with Crippen LogP contribution in [0.2, 0.25) is 0 Å². The molecule has 3 rings (SSSR count). The lowest BCUT2D eigenvalue weighted by atomic mass is 9.91. The number of aryl methyl sites for hydroxylation is 2. The molecule has 0 radical (unpaired) electrons. The van der Waals surface area contributed by atoms with Gasteiger partial charge in [-0.25, -0.2) is 0 Å². The second-order valence-electron chi connectivity index (χ2n) is 6.43. The van der Waals surface area contributed by atoms with Crippen molar-refractivity contribution in [2.24, 2.45) is 5.41 Å². The zero-order chi connectivity index (χ0) is 12.6. The molecule has 1 nitrogen and oxygen atoms in total. The van der Waals surface area contributed by atoms with Gasteiger partial charge in [0, 0.05) is 6.04 Å². The first-order valence-electron chi connectivity index (χ1n) is 7.55. The summed E-state index contributed by atoms with van der Waals surface area (Å²) in [6, 6.07) is 7.87. The van der Waals surface area contributed by atoms with Crippen LogP contribution in [0.25, 0.3) is 0 Å². The summed E-state index contributed by atoms with van der Waals surface area (Å²) in [7, 11) is 0. The van der Waals surface area contributed by atoms with Gasteiger partial charge in [-0.15, -0.1) is 0 Å². The first-order valence-corrected chi connectivity index (χ1v) is 7.55. The van der Waals surface area contributed by atoms with Gasteiger partial charge in [-0.2, -0.15) is 0 Å². The molecule has 1 unspecified atom stereocenters. The summed E-state index contributed by atoms with van der Waals surface area (Å²) in [4.78, 5) is 0. The molecule has 1 saturated carbocycles. The second-order valence-corrected chi connectivity index (χ2v) is 6.43. The van der Waals surface area contributed by atoms with Crippen molar-refractivity contribution in [2.75, 3.05) is 6.54 Å². The van der Waals surface area contributed by atoms with Crippen LogP contribution in [-0.2, 0) is 19.3 Å². The van der Waals surface area contributed by atoms with Gasteiger partial charge in [-0.3, -0.25) is 0 Å². The molecule has 0 amide bonds. The van der Waals surface area contributed by atoms with Gasteiger partial charge in [0.1, 0.15) is 0 Å². The molecule has 1 heteroatoms. The van der Waals surface area contributed by atoms with E-state index < -0.39 is 0 Å². The van der Waals surface area contributed by atoms with Crippen LogP contribution in [0.3, 0.4) is 0 Å². The molecule has 2 aliphatic carbocycles. The molecule has 0 aliphatic heterocycles. The highest BCUT2D eigenvalue weighted by Crippen LogP contribution is 2.49. The molecular weight excluding hydrogens is 218 g/mol. The number of likely N-dealkylation sites (N-methyl/N-ethyl adjacent to an activating group) is 1. The van der Waals surface area contributed by atoms with Gasteiger partial charge in [-0.05, 0) is 67.2 Å². The molecule has 0 heterocycles. The summed E-state index contributed by atoms with van der Waals surface area (Å²) >= 11 is 0. The number of fused-ring (bicyclic) bond motifs is 1. The van der Waals surface area contributed by atoms with Crippen LogP contribution in [0.4, 0.5) is 0 Å². The first-order chi connectivity index (χ1) is 8.71. The fraction of sp³-hybridized carbons (Fsp3) is 0.647. The lowest BCUT2D eigenvalue weighted by molar-refractivity contribution is 0.360. The largest absolute Gasteiger partial charge is 0.313 e. The number of rotatable bonds is 5. The van der Waals surface area contributed by atoms with Gasteiger partial charge in [0.2, 0.25) is 0 Å². The Morgan fingerprint density at radius 3 is 2.72 bits per heavy atom. The summed E-state index contributed by atoms with van der Waals surface area (Å²) in [6.45, 7) is 5.75. The zero-order valence-electron chi connectivity index (χ0n) is 11.8. The molecule has 1 aromatic rings. The first kappa shape index (κ1) is 12.2. The third-order valence-corrected chi connectivity index (χ3v) is 4.93. The SMILES string of the molecule is CCNC(Cc1ccc2c(c1)CCC2)C1(C)CC1. The number of nitrogens with one attached hydrogen (secondary N) is 1. The minimum Gasteiger partial charge on any atom is -0.313 e. The topological polar surface area (TPSA) is 12.0 Å². The minimum absolute atomic E-state index is 0.565. The van der Waals surface area contributed by atoms with E-state index in [9.17, 15) is 0 Å². The maximum Gasteiger partial charge on any atom is 0.0161 e. The standard InChI is InChI=1S/C17H25N/c1-3-18-16(17(2)9-10-17)12-13-7-8-14-5-4-6-15(14)11-13/h7-8,11,16,18H,3-6,9-10,12H2,1-2H3. The van der Waals surface area contributed by atoms with Crippen LogP contribution in [0, 0.1) is 5.41 Å². The van der Waals surface area contributed by atoms with Gasteiger partial charge in [-0.1, -0.05) is 32.0 Å². The van der Waals surface area contributed by atoms with Crippen molar-refractivity contribution in [3.8, 4) is 0 Å². The van der Waals surface area contributed by atoms with Crippen molar-refractivity contribution in [2.45, 2.75) is 58.4 Å². The summed E-state index contributed by atoms with van der Waals surface area (Å²) in [5.74, 6) is 0. The Bertz CT molecular complexity index is 431. The van der Waals surface area contributed by atoms with E-state index in [1.807, 2.05) is 0 Å².